The van der Waals surface area contributed by atoms with E-state index in [1.54, 1.807) is 6.07 Å². The third kappa shape index (κ3) is 3.71. The van der Waals surface area contributed by atoms with E-state index in [4.69, 9.17) is 0 Å². The van der Waals surface area contributed by atoms with Crippen LogP contribution in [0, 0.1) is 5.92 Å². The second-order valence-electron chi connectivity index (χ2n) is 6.60. The number of amides is 1. The van der Waals surface area contributed by atoms with Crippen molar-refractivity contribution in [1.29, 1.82) is 0 Å². The van der Waals surface area contributed by atoms with E-state index in [0.717, 1.165) is 16.2 Å². The van der Waals surface area contributed by atoms with Gasteiger partial charge < -0.3 is 9.72 Å². The largest absolute Gasteiger partial charge is 0.416 e. The number of alkyl halides is 3. The van der Waals surface area contributed by atoms with E-state index in [0.29, 0.717) is 12.1 Å². The molecule has 1 aliphatic rings. The molecule has 1 fully saturated rings. The van der Waals surface area contributed by atoms with E-state index in [2.05, 4.69) is 26.2 Å². The number of hydrogen-bond acceptors (Lipinski definition) is 2. The molecular weight excluding hydrogens is 423 g/mol. The summed E-state index contributed by atoms with van der Waals surface area (Å²) in [4.78, 5) is 16.8. The zero-order chi connectivity index (χ0) is 19.2. The average Bonchev–Trinajstić information content (AvgIpc) is 3.32. The number of carbonyl (C=O) groups is 1. The third-order valence-electron chi connectivity index (χ3n) is 4.70. The lowest BCUT2D eigenvalue weighted by atomic mass is 10.0. The molecule has 3 aromatic rings. The molecule has 2 aromatic heterocycles. The van der Waals surface area contributed by atoms with Crippen molar-refractivity contribution in [2.24, 2.45) is 5.92 Å². The number of hydrogen-bond donors (Lipinski definition) is 1. The molecule has 0 bridgehead atoms. The van der Waals surface area contributed by atoms with Crippen molar-refractivity contribution >= 4 is 27.5 Å². The Bertz CT molecular complexity index is 1010. The molecule has 8 heteroatoms. The normalized spacial score (nSPS) is 19.3. The monoisotopic (exact) mass is 437 g/mol. The number of carbonyl (C=O) groups excluding carboxylic acids is 1. The third-order valence-corrected chi connectivity index (χ3v) is 5.17. The first-order valence-corrected chi connectivity index (χ1v) is 9.19. The standard InChI is InChI=1S/C19H15BrF3N3O/c20-11-5-6-17-25-12(10-26(17)9-11)8-24-18(27)15-7-14(15)13-3-1-2-4-16(13)19(21,22)23/h1-6,9-10,14-15H,7-8H2,(H,24,27). The minimum Gasteiger partial charge on any atom is -0.350 e. The number of benzene rings is 1. The second-order valence-corrected chi connectivity index (χ2v) is 7.51. The number of halogens is 4. The highest BCUT2D eigenvalue weighted by Crippen LogP contribution is 2.51. The molecule has 0 spiro atoms. The average molecular weight is 438 g/mol. The summed E-state index contributed by atoms with van der Waals surface area (Å²) in [5, 5.41) is 2.79. The number of nitrogens with one attached hydrogen (secondary N) is 1. The maximum Gasteiger partial charge on any atom is 0.416 e. The van der Waals surface area contributed by atoms with Crippen LogP contribution in [0.5, 0.6) is 0 Å². The number of pyridine rings is 1. The van der Waals surface area contributed by atoms with E-state index in [9.17, 15) is 18.0 Å². The number of fused-ring (bicyclic) bond motifs is 1. The predicted octanol–water partition coefficient (Wildman–Crippen LogP) is 4.54. The molecule has 1 aromatic carbocycles. The molecule has 4 nitrogen and oxygen atoms in total. The zero-order valence-electron chi connectivity index (χ0n) is 14.0. The lowest BCUT2D eigenvalue weighted by Crippen LogP contribution is -2.25. The van der Waals surface area contributed by atoms with Crippen LogP contribution in [0.4, 0.5) is 13.2 Å². The Labute approximate surface area is 161 Å². The van der Waals surface area contributed by atoms with Crippen LogP contribution in [-0.4, -0.2) is 15.3 Å². The Morgan fingerprint density at radius 1 is 1.22 bits per heavy atom. The Morgan fingerprint density at radius 2 is 2.00 bits per heavy atom. The summed E-state index contributed by atoms with van der Waals surface area (Å²) in [6.45, 7) is 0.238. The van der Waals surface area contributed by atoms with Crippen LogP contribution >= 0.6 is 15.9 Å². The smallest absolute Gasteiger partial charge is 0.350 e. The lowest BCUT2D eigenvalue weighted by molar-refractivity contribution is -0.138. The quantitative estimate of drug-likeness (QED) is 0.651. The van der Waals surface area contributed by atoms with Crippen LogP contribution in [0.1, 0.15) is 29.2 Å². The van der Waals surface area contributed by atoms with E-state index in [-0.39, 0.29) is 23.9 Å². The van der Waals surface area contributed by atoms with E-state index < -0.39 is 17.7 Å². The molecule has 1 amide bonds. The fourth-order valence-corrected chi connectivity index (χ4v) is 3.67. The van der Waals surface area contributed by atoms with Gasteiger partial charge in [0.1, 0.15) is 5.65 Å². The summed E-state index contributed by atoms with van der Waals surface area (Å²) in [7, 11) is 0. The van der Waals surface area contributed by atoms with Gasteiger partial charge in [0.2, 0.25) is 5.91 Å². The van der Waals surface area contributed by atoms with Gasteiger partial charge in [0, 0.05) is 22.8 Å². The van der Waals surface area contributed by atoms with Crippen molar-refractivity contribution in [3.05, 3.63) is 70.1 Å². The van der Waals surface area contributed by atoms with E-state index in [1.807, 2.05) is 28.9 Å². The summed E-state index contributed by atoms with van der Waals surface area (Å²) in [5.74, 6) is -1.06. The minimum atomic E-state index is -4.41. The first-order chi connectivity index (χ1) is 12.8. The Morgan fingerprint density at radius 3 is 2.78 bits per heavy atom. The van der Waals surface area contributed by atoms with Gasteiger partial charge >= 0.3 is 6.18 Å². The Kier molecular flexibility index (Phi) is 4.46. The molecule has 140 valence electrons. The minimum absolute atomic E-state index is 0.197. The first kappa shape index (κ1) is 18.0. The molecule has 1 aliphatic carbocycles. The van der Waals surface area contributed by atoms with Crippen molar-refractivity contribution in [1.82, 2.24) is 14.7 Å². The lowest BCUT2D eigenvalue weighted by Gasteiger charge is -2.12. The van der Waals surface area contributed by atoms with Gasteiger partial charge in [-0.1, -0.05) is 18.2 Å². The molecule has 4 rings (SSSR count). The van der Waals surface area contributed by atoms with Gasteiger partial charge in [-0.25, -0.2) is 4.98 Å². The number of aromatic nitrogens is 2. The summed E-state index contributed by atoms with van der Waals surface area (Å²) < 4.78 is 42.2. The number of imidazole rings is 1. The van der Waals surface area contributed by atoms with Gasteiger partial charge in [-0.05, 0) is 52.0 Å². The van der Waals surface area contributed by atoms with Gasteiger partial charge in [0.25, 0.3) is 0 Å². The molecular formula is C19H15BrF3N3O. The van der Waals surface area contributed by atoms with Gasteiger partial charge in [-0.15, -0.1) is 0 Å². The predicted molar refractivity (Wildman–Crippen MR) is 97.0 cm³/mol. The molecule has 2 unspecified atom stereocenters. The maximum absolute atomic E-state index is 13.1. The van der Waals surface area contributed by atoms with Crippen LogP contribution in [0.25, 0.3) is 5.65 Å². The molecule has 27 heavy (non-hydrogen) atoms. The molecule has 0 saturated heterocycles. The molecule has 0 aliphatic heterocycles. The summed E-state index contributed by atoms with van der Waals surface area (Å²) in [5.41, 5.74) is 0.985. The number of nitrogens with zero attached hydrogens (tertiary/aromatic N) is 2. The van der Waals surface area contributed by atoms with Crippen molar-refractivity contribution < 1.29 is 18.0 Å². The van der Waals surface area contributed by atoms with E-state index in [1.165, 1.54) is 12.1 Å². The van der Waals surface area contributed by atoms with Crippen molar-refractivity contribution in [2.75, 3.05) is 0 Å². The fraction of sp³-hybridized carbons (Fsp3) is 0.263. The van der Waals surface area contributed by atoms with Crippen LogP contribution in [0.3, 0.4) is 0 Å². The Hall–Kier alpha value is -2.35. The highest BCUT2D eigenvalue weighted by molar-refractivity contribution is 9.10. The highest BCUT2D eigenvalue weighted by atomic mass is 79.9. The second kappa shape index (κ2) is 6.67. The summed E-state index contributed by atoms with van der Waals surface area (Å²) >= 11 is 3.38. The molecule has 2 atom stereocenters. The van der Waals surface area contributed by atoms with Crippen LogP contribution in [0.15, 0.2) is 53.3 Å². The molecule has 0 radical (unpaired) electrons. The number of rotatable bonds is 4. The highest BCUT2D eigenvalue weighted by Gasteiger charge is 2.47. The van der Waals surface area contributed by atoms with Crippen molar-refractivity contribution in [3.63, 3.8) is 0 Å². The van der Waals surface area contributed by atoms with Crippen LogP contribution in [-0.2, 0) is 17.5 Å². The van der Waals surface area contributed by atoms with Crippen molar-refractivity contribution in [2.45, 2.75) is 25.1 Å². The van der Waals surface area contributed by atoms with Gasteiger partial charge in [0.05, 0.1) is 17.8 Å². The molecule has 1 N–H and O–H groups in total. The first-order valence-electron chi connectivity index (χ1n) is 8.40. The summed E-state index contributed by atoms with van der Waals surface area (Å²) in [6.07, 6.45) is -0.315. The summed E-state index contributed by atoms with van der Waals surface area (Å²) in [6, 6.07) is 9.19. The Balaban J connectivity index is 1.42. The zero-order valence-corrected chi connectivity index (χ0v) is 15.6. The van der Waals surface area contributed by atoms with Gasteiger partial charge in [-0.2, -0.15) is 13.2 Å². The molecule has 1 saturated carbocycles. The van der Waals surface area contributed by atoms with Crippen LogP contribution < -0.4 is 5.32 Å². The van der Waals surface area contributed by atoms with Gasteiger partial charge in [-0.3, -0.25) is 4.79 Å². The van der Waals surface area contributed by atoms with Gasteiger partial charge in [0.15, 0.2) is 0 Å². The van der Waals surface area contributed by atoms with Crippen LogP contribution in [0.2, 0.25) is 0 Å². The fourth-order valence-electron chi connectivity index (χ4n) is 3.32. The SMILES string of the molecule is O=C(NCc1cn2cc(Br)ccc2n1)C1CC1c1ccccc1C(F)(F)F. The topological polar surface area (TPSA) is 46.4 Å². The van der Waals surface area contributed by atoms with E-state index >= 15 is 0 Å². The maximum atomic E-state index is 13.1. The van der Waals surface area contributed by atoms with Crippen molar-refractivity contribution in [3.8, 4) is 0 Å². The molecule has 2 heterocycles.